The molecule has 0 atom stereocenters. The monoisotopic (exact) mass is 333 g/mol. The van der Waals surface area contributed by atoms with Gasteiger partial charge in [-0.05, 0) is 25.0 Å². The summed E-state index contributed by atoms with van der Waals surface area (Å²) in [4.78, 5) is 11.3. The Morgan fingerprint density at radius 3 is 2.52 bits per heavy atom. The highest BCUT2D eigenvalue weighted by Gasteiger charge is 2.45. The lowest BCUT2D eigenvalue weighted by Crippen LogP contribution is -2.52. The van der Waals surface area contributed by atoms with Crippen LogP contribution in [0.15, 0.2) is 23.1 Å². The second kappa shape index (κ2) is 5.82. The largest absolute Gasteiger partial charge is 0.495 e. The Morgan fingerprint density at radius 1 is 1.38 bits per heavy atom. The van der Waals surface area contributed by atoms with Gasteiger partial charge in [0.15, 0.2) is 0 Å². The highest BCUT2D eigenvalue weighted by atomic mass is 35.5. The van der Waals surface area contributed by atoms with Crippen molar-refractivity contribution >= 4 is 27.6 Å². The Hall–Kier alpha value is -1.31. The number of hydrogen-bond donors (Lipinski definition) is 2. The van der Waals surface area contributed by atoms with Crippen LogP contribution in [-0.4, -0.2) is 32.1 Å². The van der Waals surface area contributed by atoms with Gasteiger partial charge >= 0.3 is 5.97 Å². The molecular formula is C13H16ClNO5S. The molecule has 1 aromatic rings. The summed E-state index contributed by atoms with van der Waals surface area (Å²) in [6.07, 6.45) is 1.90. The van der Waals surface area contributed by atoms with Crippen molar-refractivity contribution in [2.75, 3.05) is 7.11 Å². The molecule has 1 fully saturated rings. The molecule has 8 heteroatoms. The van der Waals surface area contributed by atoms with Crippen LogP contribution in [0.3, 0.4) is 0 Å². The minimum Gasteiger partial charge on any atom is -0.495 e. The predicted octanol–water partition coefficient (Wildman–Crippen LogP) is 2.02. The smallest absolute Gasteiger partial charge is 0.324 e. The van der Waals surface area contributed by atoms with Crippen LogP contribution in [0.5, 0.6) is 5.75 Å². The van der Waals surface area contributed by atoms with Crippen molar-refractivity contribution in [3.8, 4) is 5.75 Å². The van der Waals surface area contributed by atoms with Gasteiger partial charge in [-0.15, -0.1) is 0 Å². The molecule has 116 valence electrons. The first kappa shape index (κ1) is 16.1. The van der Waals surface area contributed by atoms with Crippen molar-refractivity contribution in [2.45, 2.75) is 36.1 Å². The van der Waals surface area contributed by atoms with E-state index in [1.54, 1.807) is 0 Å². The lowest BCUT2D eigenvalue weighted by molar-refractivity contribution is -0.143. The third-order valence-corrected chi connectivity index (χ3v) is 5.42. The second-order valence-electron chi connectivity index (χ2n) is 5.00. The van der Waals surface area contributed by atoms with Crippen molar-refractivity contribution in [2.24, 2.45) is 0 Å². The van der Waals surface area contributed by atoms with Gasteiger partial charge < -0.3 is 9.84 Å². The molecule has 0 amide bonds. The van der Waals surface area contributed by atoms with E-state index in [1.807, 2.05) is 0 Å². The number of aliphatic carboxylic acids is 1. The fourth-order valence-corrected chi connectivity index (χ4v) is 4.25. The van der Waals surface area contributed by atoms with E-state index in [2.05, 4.69) is 4.72 Å². The minimum atomic E-state index is -4.02. The van der Waals surface area contributed by atoms with E-state index in [4.69, 9.17) is 16.3 Å². The van der Waals surface area contributed by atoms with Crippen LogP contribution >= 0.6 is 11.6 Å². The summed E-state index contributed by atoms with van der Waals surface area (Å²) >= 11 is 5.80. The number of nitrogens with one attached hydrogen (secondary N) is 1. The average molecular weight is 334 g/mol. The normalized spacial score (nSPS) is 17.6. The predicted molar refractivity (Wildman–Crippen MR) is 77.2 cm³/mol. The van der Waals surface area contributed by atoms with Gasteiger partial charge in [-0.1, -0.05) is 24.4 Å². The lowest BCUT2D eigenvalue weighted by atomic mass is 10.0. The summed E-state index contributed by atoms with van der Waals surface area (Å²) in [6.45, 7) is 0. The van der Waals surface area contributed by atoms with Crippen LogP contribution in [-0.2, 0) is 14.8 Å². The maximum atomic E-state index is 12.5. The molecule has 0 bridgehead atoms. The molecule has 0 aromatic heterocycles. The van der Waals surface area contributed by atoms with Crippen molar-refractivity contribution < 1.29 is 23.1 Å². The number of carbonyl (C=O) groups is 1. The van der Waals surface area contributed by atoms with Gasteiger partial charge in [-0.25, -0.2) is 8.42 Å². The Kier molecular flexibility index (Phi) is 4.46. The third-order valence-electron chi connectivity index (χ3n) is 3.61. The van der Waals surface area contributed by atoms with Crippen molar-refractivity contribution in [1.82, 2.24) is 4.72 Å². The van der Waals surface area contributed by atoms with Crippen molar-refractivity contribution in [3.63, 3.8) is 0 Å². The quantitative estimate of drug-likeness (QED) is 0.860. The fourth-order valence-electron chi connectivity index (χ4n) is 2.51. The van der Waals surface area contributed by atoms with Crippen LogP contribution in [0.1, 0.15) is 25.7 Å². The topological polar surface area (TPSA) is 92.7 Å². The van der Waals surface area contributed by atoms with Crippen LogP contribution in [0.4, 0.5) is 0 Å². The third kappa shape index (κ3) is 3.14. The standard InChI is InChI=1S/C13H16ClNO5S/c1-20-10-8-9(14)4-5-11(10)21(18,19)15-13(12(16)17)6-2-3-7-13/h4-5,8,15H,2-3,6-7H2,1H3,(H,16,17). The first-order valence-corrected chi connectivity index (χ1v) is 8.28. The van der Waals surface area contributed by atoms with Gasteiger partial charge in [0.05, 0.1) is 7.11 Å². The number of hydrogen-bond acceptors (Lipinski definition) is 4. The van der Waals surface area contributed by atoms with E-state index in [0.29, 0.717) is 17.9 Å². The van der Waals surface area contributed by atoms with E-state index in [0.717, 1.165) is 0 Å². The molecule has 0 radical (unpaired) electrons. The number of rotatable bonds is 5. The SMILES string of the molecule is COc1cc(Cl)ccc1S(=O)(=O)NC1(C(=O)O)CCCC1. The Labute approximate surface area is 128 Å². The summed E-state index contributed by atoms with van der Waals surface area (Å²) < 4.78 is 32.3. The van der Waals surface area contributed by atoms with E-state index in [1.165, 1.54) is 25.3 Å². The summed E-state index contributed by atoms with van der Waals surface area (Å²) in [5.41, 5.74) is -1.44. The molecule has 0 heterocycles. The summed E-state index contributed by atoms with van der Waals surface area (Å²) in [5.74, 6) is -1.08. The molecule has 2 N–H and O–H groups in total. The Bertz CT molecular complexity index is 653. The molecule has 1 saturated carbocycles. The fraction of sp³-hybridized carbons (Fsp3) is 0.462. The molecule has 0 unspecified atom stereocenters. The molecule has 1 aromatic carbocycles. The first-order chi connectivity index (χ1) is 9.81. The number of carboxylic acid groups (broad SMARTS) is 1. The number of benzene rings is 1. The van der Waals surface area contributed by atoms with Crippen molar-refractivity contribution in [1.29, 1.82) is 0 Å². The van der Waals surface area contributed by atoms with Gasteiger partial charge in [-0.3, -0.25) is 4.79 Å². The maximum absolute atomic E-state index is 12.5. The molecule has 0 spiro atoms. The van der Waals surface area contributed by atoms with E-state index in [-0.39, 0.29) is 23.5 Å². The number of ether oxygens (including phenoxy) is 1. The molecular weight excluding hydrogens is 318 g/mol. The van der Waals surface area contributed by atoms with Gasteiger partial charge in [0.25, 0.3) is 0 Å². The van der Waals surface area contributed by atoms with Gasteiger partial charge in [0, 0.05) is 11.1 Å². The average Bonchev–Trinajstić information content (AvgIpc) is 2.87. The van der Waals surface area contributed by atoms with E-state index >= 15 is 0 Å². The van der Waals surface area contributed by atoms with Gasteiger partial charge in [0.2, 0.25) is 10.0 Å². The zero-order valence-electron chi connectivity index (χ0n) is 11.4. The zero-order valence-corrected chi connectivity index (χ0v) is 13.0. The first-order valence-electron chi connectivity index (χ1n) is 6.42. The van der Waals surface area contributed by atoms with Gasteiger partial charge in [-0.2, -0.15) is 4.72 Å². The molecule has 0 saturated heterocycles. The number of halogens is 1. The molecule has 1 aliphatic carbocycles. The molecule has 21 heavy (non-hydrogen) atoms. The number of methoxy groups -OCH3 is 1. The highest BCUT2D eigenvalue weighted by Crippen LogP contribution is 2.34. The summed E-state index contributed by atoms with van der Waals surface area (Å²) in [7, 11) is -2.69. The van der Waals surface area contributed by atoms with Gasteiger partial charge in [0.1, 0.15) is 16.2 Å². The summed E-state index contributed by atoms with van der Waals surface area (Å²) in [5, 5.41) is 9.70. The Morgan fingerprint density at radius 2 is 2.00 bits per heavy atom. The molecule has 1 aliphatic rings. The number of carboxylic acids is 1. The number of sulfonamides is 1. The molecule has 0 aliphatic heterocycles. The van der Waals surface area contributed by atoms with E-state index in [9.17, 15) is 18.3 Å². The summed E-state index contributed by atoms with van der Waals surface area (Å²) in [6, 6.07) is 4.09. The second-order valence-corrected chi connectivity index (χ2v) is 7.08. The Balaban J connectivity index is 2.41. The molecule has 2 rings (SSSR count). The minimum absolute atomic E-state index is 0.0773. The van der Waals surface area contributed by atoms with Crippen molar-refractivity contribution in [3.05, 3.63) is 23.2 Å². The lowest BCUT2D eigenvalue weighted by Gasteiger charge is -2.25. The van der Waals surface area contributed by atoms with Crippen LogP contribution in [0, 0.1) is 0 Å². The van der Waals surface area contributed by atoms with E-state index < -0.39 is 21.5 Å². The van der Waals surface area contributed by atoms with Crippen LogP contribution in [0.25, 0.3) is 0 Å². The van der Waals surface area contributed by atoms with Crippen LogP contribution < -0.4 is 9.46 Å². The maximum Gasteiger partial charge on any atom is 0.324 e. The molecule has 6 nitrogen and oxygen atoms in total. The zero-order chi connectivity index (χ0) is 15.7. The van der Waals surface area contributed by atoms with Crippen LogP contribution in [0.2, 0.25) is 5.02 Å². The highest BCUT2D eigenvalue weighted by molar-refractivity contribution is 7.89.